The molecule has 3 aromatic rings. The number of nitrogens with zero attached hydrogens (tertiary/aromatic N) is 1. The number of H-pyrrole nitrogens is 1. The van der Waals surface area contributed by atoms with E-state index in [1.165, 1.54) is 0 Å². The molecule has 0 aliphatic heterocycles. The number of rotatable bonds is 4. The van der Waals surface area contributed by atoms with Crippen LogP contribution in [0.25, 0.3) is 0 Å². The molecule has 2 aromatic carbocycles. The van der Waals surface area contributed by atoms with Crippen LogP contribution >= 0.6 is 23.2 Å². The SMILES string of the molecule is O=C(Nc1cc(Cl)c(Cc2ccc(O)c3c2CCCC3)c(Cl)c1)c1noc(=O)[nH]1. The maximum absolute atomic E-state index is 12.1. The first kappa shape index (κ1) is 19.5. The average molecular weight is 434 g/mol. The first-order chi connectivity index (χ1) is 13.9. The molecule has 1 aromatic heterocycles. The monoisotopic (exact) mass is 433 g/mol. The molecule has 0 unspecified atom stereocenters. The van der Waals surface area contributed by atoms with Crippen LogP contribution < -0.4 is 11.1 Å². The van der Waals surface area contributed by atoms with E-state index in [0.717, 1.165) is 47.9 Å². The van der Waals surface area contributed by atoms with Gasteiger partial charge in [0.1, 0.15) is 5.75 Å². The number of benzene rings is 2. The van der Waals surface area contributed by atoms with E-state index in [1.54, 1.807) is 18.2 Å². The Kier molecular flexibility index (Phi) is 5.34. The molecule has 7 nitrogen and oxygen atoms in total. The van der Waals surface area contributed by atoms with E-state index in [0.29, 0.717) is 27.9 Å². The molecule has 0 radical (unpaired) electrons. The van der Waals surface area contributed by atoms with Crippen LogP contribution in [-0.4, -0.2) is 21.2 Å². The van der Waals surface area contributed by atoms with Gasteiger partial charge in [-0.15, -0.1) is 0 Å². The summed E-state index contributed by atoms with van der Waals surface area (Å²) in [5.41, 5.74) is 4.35. The molecule has 0 atom stereocenters. The fourth-order valence-electron chi connectivity index (χ4n) is 3.64. The first-order valence-electron chi connectivity index (χ1n) is 9.10. The summed E-state index contributed by atoms with van der Waals surface area (Å²) in [4.78, 5) is 25.2. The molecule has 1 aliphatic rings. The second-order valence-electron chi connectivity index (χ2n) is 6.90. The van der Waals surface area contributed by atoms with E-state index >= 15 is 0 Å². The maximum atomic E-state index is 12.1. The third-order valence-electron chi connectivity index (χ3n) is 5.03. The Bertz CT molecular complexity index is 1130. The summed E-state index contributed by atoms with van der Waals surface area (Å²) in [6, 6.07) is 6.80. The van der Waals surface area contributed by atoms with Crippen molar-refractivity contribution in [2.75, 3.05) is 5.32 Å². The molecule has 0 saturated heterocycles. The van der Waals surface area contributed by atoms with Gasteiger partial charge >= 0.3 is 5.76 Å². The smallest absolute Gasteiger partial charge is 0.439 e. The highest BCUT2D eigenvalue weighted by atomic mass is 35.5. The van der Waals surface area contributed by atoms with E-state index in [9.17, 15) is 14.7 Å². The molecule has 29 heavy (non-hydrogen) atoms. The molecule has 9 heteroatoms. The molecule has 1 aliphatic carbocycles. The van der Waals surface area contributed by atoms with Crippen LogP contribution in [-0.2, 0) is 19.3 Å². The summed E-state index contributed by atoms with van der Waals surface area (Å²) in [5, 5.41) is 16.9. The van der Waals surface area contributed by atoms with Gasteiger partial charge in [0.2, 0.25) is 5.82 Å². The highest BCUT2D eigenvalue weighted by Crippen LogP contribution is 2.36. The van der Waals surface area contributed by atoms with Crippen molar-refractivity contribution in [3.05, 3.63) is 72.9 Å². The molecule has 3 N–H and O–H groups in total. The minimum Gasteiger partial charge on any atom is -0.508 e. The number of halogens is 2. The number of amides is 1. The summed E-state index contributed by atoms with van der Waals surface area (Å²) in [6.45, 7) is 0. The van der Waals surface area contributed by atoms with Crippen molar-refractivity contribution in [1.29, 1.82) is 0 Å². The second kappa shape index (κ2) is 7.93. The zero-order valence-corrected chi connectivity index (χ0v) is 16.7. The Hall–Kier alpha value is -2.77. The van der Waals surface area contributed by atoms with Gasteiger partial charge in [-0.25, -0.2) is 4.79 Å². The van der Waals surface area contributed by atoms with E-state index < -0.39 is 11.7 Å². The van der Waals surface area contributed by atoms with Crippen LogP contribution in [0.4, 0.5) is 5.69 Å². The molecule has 0 spiro atoms. The Balaban J connectivity index is 1.60. The van der Waals surface area contributed by atoms with E-state index in [-0.39, 0.29) is 5.82 Å². The molecule has 0 fully saturated rings. The largest absolute Gasteiger partial charge is 0.508 e. The van der Waals surface area contributed by atoms with Crippen molar-refractivity contribution in [3.8, 4) is 5.75 Å². The van der Waals surface area contributed by atoms with Crippen LogP contribution in [0.2, 0.25) is 10.0 Å². The van der Waals surface area contributed by atoms with Gasteiger partial charge in [0, 0.05) is 22.2 Å². The number of hydrogen-bond donors (Lipinski definition) is 3. The highest BCUT2D eigenvalue weighted by Gasteiger charge is 2.19. The number of hydrogen-bond acceptors (Lipinski definition) is 5. The predicted molar refractivity (Wildman–Crippen MR) is 109 cm³/mol. The van der Waals surface area contributed by atoms with Gasteiger partial charge in [0.15, 0.2) is 0 Å². The molecule has 150 valence electrons. The third-order valence-corrected chi connectivity index (χ3v) is 5.70. The number of fused-ring (bicyclic) bond motifs is 1. The van der Waals surface area contributed by atoms with Crippen LogP contribution in [0.3, 0.4) is 0 Å². The average Bonchev–Trinajstić information content (AvgIpc) is 3.13. The number of phenols is 1. The summed E-state index contributed by atoms with van der Waals surface area (Å²) < 4.78 is 4.32. The molecule has 0 saturated carbocycles. The Morgan fingerprint density at radius 2 is 1.86 bits per heavy atom. The van der Waals surface area contributed by atoms with Gasteiger partial charge in [0.25, 0.3) is 5.91 Å². The van der Waals surface area contributed by atoms with Crippen molar-refractivity contribution < 1.29 is 14.4 Å². The third kappa shape index (κ3) is 4.02. The zero-order chi connectivity index (χ0) is 20.5. The fourth-order valence-corrected chi connectivity index (χ4v) is 4.26. The van der Waals surface area contributed by atoms with Crippen molar-refractivity contribution in [2.24, 2.45) is 0 Å². The lowest BCUT2D eigenvalue weighted by atomic mass is 9.85. The minimum absolute atomic E-state index is 0.248. The summed E-state index contributed by atoms with van der Waals surface area (Å²) in [7, 11) is 0. The number of aromatic amines is 1. The molecule has 1 heterocycles. The summed E-state index contributed by atoms with van der Waals surface area (Å²) >= 11 is 12.9. The molecular weight excluding hydrogens is 417 g/mol. The standard InChI is InChI=1S/C20H17Cl2N3O4/c21-15-8-11(23-19(27)18-24-20(28)29-25-18)9-16(22)14(15)7-10-5-6-17(26)13-4-2-1-3-12(10)13/h5-6,8-9,26H,1-4,7H2,(H,23,27)(H,24,25,28). The first-order valence-corrected chi connectivity index (χ1v) is 9.86. The number of nitrogens with one attached hydrogen (secondary N) is 2. The highest BCUT2D eigenvalue weighted by molar-refractivity contribution is 6.36. The van der Waals surface area contributed by atoms with E-state index in [2.05, 4.69) is 20.0 Å². The van der Waals surface area contributed by atoms with Crippen LogP contribution in [0.5, 0.6) is 5.75 Å². The van der Waals surface area contributed by atoms with Crippen molar-refractivity contribution in [3.63, 3.8) is 0 Å². The number of carbonyl (C=O) groups is 1. The lowest BCUT2D eigenvalue weighted by molar-refractivity contribution is 0.101. The predicted octanol–water partition coefficient (Wildman–Crippen LogP) is 4.10. The number of phenolic OH excluding ortho intramolecular Hbond substituents is 1. The van der Waals surface area contributed by atoms with Gasteiger partial charge in [-0.1, -0.05) is 29.3 Å². The molecule has 1 amide bonds. The molecule has 4 rings (SSSR count). The number of aromatic nitrogens is 2. The number of aromatic hydroxyl groups is 1. The van der Waals surface area contributed by atoms with Gasteiger partial charge in [0.05, 0.1) is 0 Å². The molecule has 0 bridgehead atoms. The van der Waals surface area contributed by atoms with Crippen molar-refractivity contribution in [1.82, 2.24) is 10.1 Å². The Morgan fingerprint density at radius 3 is 2.52 bits per heavy atom. The van der Waals surface area contributed by atoms with Crippen molar-refractivity contribution in [2.45, 2.75) is 32.1 Å². The normalized spacial score (nSPS) is 13.2. The van der Waals surface area contributed by atoms with E-state index in [4.69, 9.17) is 23.2 Å². The van der Waals surface area contributed by atoms with Crippen LogP contribution in [0.1, 0.15) is 45.7 Å². The Labute approximate surface area is 175 Å². The van der Waals surface area contributed by atoms with Crippen LogP contribution in [0, 0.1) is 0 Å². The second-order valence-corrected chi connectivity index (χ2v) is 7.72. The van der Waals surface area contributed by atoms with Gasteiger partial charge in [-0.05, 0) is 71.3 Å². The lowest BCUT2D eigenvalue weighted by Gasteiger charge is -2.21. The quantitative estimate of drug-likeness (QED) is 0.573. The van der Waals surface area contributed by atoms with Gasteiger partial charge in [-0.3, -0.25) is 14.3 Å². The lowest BCUT2D eigenvalue weighted by Crippen LogP contribution is -2.15. The zero-order valence-electron chi connectivity index (χ0n) is 15.2. The molecular formula is C20H17Cl2N3O4. The fraction of sp³-hybridized carbons (Fsp3) is 0.250. The maximum Gasteiger partial charge on any atom is 0.439 e. The topological polar surface area (TPSA) is 108 Å². The number of carbonyl (C=O) groups excluding carboxylic acids is 1. The van der Waals surface area contributed by atoms with Crippen LogP contribution in [0.15, 0.2) is 33.6 Å². The van der Waals surface area contributed by atoms with Gasteiger partial charge < -0.3 is 10.4 Å². The minimum atomic E-state index is -0.821. The Morgan fingerprint density at radius 1 is 1.17 bits per heavy atom. The van der Waals surface area contributed by atoms with Crippen molar-refractivity contribution >= 4 is 34.8 Å². The van der Waals surface area contributed by atoms with Gasteiger partial charge in [-0.2, -0.15) is 0 Å². The summed E-state index contributed by atoms with van der Waals surface area (Å²) in [5.74, 6) is -1.38. The van der Waals surface area contributed by atoms with E-state index in [1.807, 2.05) is 6.07 Å². The number of anilines is 1. The summed E-state index contributed by atoms with van der Waals surface area (Å²) in [6.07, 6.45) is 4.45.